The normalized spacial score (nSPS) is 11.7. The van der Waals surface area contributed by atoms with Crippen LogP contribution in [0.1, 0.15) is 50.3 Å². The third-order valence-electron chi connectivity index (χ3n) is 4.29. The van der Waals surface area contributed by atoms with Crippen LogP contribution in [0.3, 0.4) is 0 Å². The molecule has 140 valence electrons. The Morgan fingerprint density at radius 3 is 1.65 bits per heavy atom. The van der Waals surface area contributed by atoms with Gasteiger partial charge in [0.2, 0.25) is 0 Å². The smallest absolute Gasteiger partial charge is 0.449 e. The number of carboxylic acid groups (broad SMARTS) is 1. The van der Waals surface area contributed by atoms with Gasteiger partial charge in [-0.25, -0.2) is 4.79 Å². The fourth-order valence-electron chi connectivity index (χ4n) is 2.77. The molecule has 0 radical (unpaired) electrons. The van der Waals surface area contributed by atoms with Crippen LogP contribution >= 0.6 is 63.7 Å². The van der Waals surface area contributed by atoms with E-state index in [9.17, 15) is 4.79 Å². The molecule has 0 atom stereocenters. The van der Waals surface area contributed by atoms with Crippen molar-refractivity contribution in [3.63, 3.8) is 0 Å². The van der Waals surface area contributed by atoms with Crippen molar-refractivity contribution in [2.45, 2.75) is 39.0 Å². The summed E-state index contributed by atoms with van der Waals surface area (Å²) >= 11 is 14.2. The average molecular weight is 614 g/mol. The molecule has 0 amide bonds. The minimum absolute atomic E-state index is 0.245. The highest BCUT2D eigenvalue weighted by molar-refractivity contribution is 9.11. The maximum Gasteiger partial charge on any atom is 0.511 e. The SMILES string of the molecule is CC(C)c1c(Br)cc(C(C)(C)c2cc(Br)c(OC(=O)O)c(Br)c2)cc1Br. The largest absolute Gasteiger partial charge is 0.511 e. The summed E-state index contributed by atoms with van der Waals surface area (Å²) < 4.78 is 8.12. The Bertz CT molecular complexity index is 814. The van der Waals surface area contributed by atoms with Gasteiger partial charge in [-0.2, -0.15) is 0 Å². The fourth-order valence-corrected chi connectivity index (χ4v) is 6.22. The second-order valence-corrected chi connectivity index (χ2v) is 10.2. The van der Waals surface area contributed by atoms with Crippen molar-refractivity contribution in [1.82, 2.24) is 0 Å². The highest BCUT2D eigenvalue weighted by Gasteiger charge is 2.27. The van der Waals surface area contributed by atoms with E-state index in [0.717, 1.165) is 20.1 Å². The van der Waals surface area contributed by atoms with Crippen molar-refractivity contribution in [2.75, 3.05) is 0 Å². The van der Waals surface area contributed by atoms with Crippen molar-refractivity contribution in [3.05, 3.63) is 58.8 Å². The maximum absolute atomic E-state index is 10.9. The van der Waals surface area contributed by atoms with Gasteiger partial charge < -0.3 is 9.84 Å². The topological polar surface area (TPSA) is 46.5 Å². The molecule has 0 spiro atoms. The van der Waals surface area contributed by atoms with Crippen LogP contribution in [0.2, 0.25) is 0 Å². The lowest BCUT2D eigenvalue weighted by Gasteiger charge is -2.28. The second kappa shape index (κ2) is 8.33. The summed E-state index contributed by atoms with van der Waals surface area (Å²) in [5, 5.41) is 8.88. The minimum Gasteiger partial charge on any atom is -0.449 e. The summed E-state index contributed by atoms with van der Waals surface area (Å²) in [5.74, 6) is 0.640. The Labute approximate surface area is 187 Å². The summed E-state index contributed by atoms with van der Waals surface area (Å²) in [7, 11) is 0. The Morgan fingerprint density at radius 1 is 0.923 bits per heavy atom. The van der Waals surface area contributed by atoms with Crippen molar-refractivity contribution in [2.24, 2.45) is 0 Å². The molecule has 1 N–H and O–H groups in total. The van der Waals surface area contributed by atoms with Crippen molar-refractivity contribution in [1.29, 1.82) is 0 Å². The van der Waals surface area contributed by atoms with E-state index in [1.807, 2.05) is 12.1 Å². The molecular weight excluding hydrogens is 596 g/mol. The van der Waals surface area contributed by atoms with Crippen molar-refractivity contribution >= 4 is 69.9 Å². The number of halogens is 4. The molecule has 0 saturated heterocycles. The molecule has 2 rings (SSSR count). The number of hydrogen-bond acceptors (Lipinski definition) is 2. The van der Waals surface area contributed by atoms with E-state index < -0.39 is 6.16 Å². The molecule has 7 heteroatoms. The van der Waals surface area contributed by atoms with E-state index in [1.54, 1.807) is 0 Å². The van der Waals surface area contributed by atoms with E-state index in [1.165, 1.54) is 5.56 Å². The van der Waals surface area contributed by atoms with Crippen molar-refractivity contribution < 1.29 is 14.6 Å². The van der Waals surface area contributed by atoms with E-state index in [-0.39, 0.29) is 11.2 Å². The molecule has 0 aliphatic rings. The highest BCUT2D eigenvalue weighted by Crippen LogP contribution is 2.43. The Morgan fingerprint density at radius 2 is 1.31 bits per heavy atom. The van der Waals surface area contributed by atoms with Crippen LogP contribution in [-0.4, -0.2) is 11.3 Å². The van der Waals surface area contributed by atoms with Gasteiger partial charge in [-0.1, -0.05) is 59.6 Å². The number of ether oxygens (including phenoxy) is 1. The summed E-state index contributed by atoms with van der Waals surface area (Å²) in [6.45, 7) is 8.57. The van der Waals surface area contributed by atoms with Gasteiger partial charge in [-0.3, -0.25) is 0 Å². The molecule has 0 heterocycles. The number of carbonyl (C=O) groups is 1. The predicted octanol–water partition coefficient (Wildman–Crippen LogP) is 8.24. The molecule has 26 heavy (non-hydrogen) atoms. The molecule has 0 fully saturated rings. The van der Waals surface area contributed by atoms with Gasteiger partial charge in [0.25, 0.3) is 0 Å². The molecule has 2 aromatic rings. The van der Waals surface area contributed by atoms with Gasteiger partial charge >= 0.3 is 6.16 Å². The zero-order valence-corrected chi connectivity index (χ0v) is 21.0. The average Bonchev–Trinajstić information content (AvgIpc) is 2.49. The Balaban J connectivity index is 2.56. The quantitative estimate of drug-likeness (QED) is 0.279. The van der Waals surface area contributed by atoms with Crippen LogP contribution in [0.5, 0.6) is 5.75 Å². The Hall–Kier alpha value is -0.370. The predicted molar refractivity (Wildman–Crippen MR) is 119 cm³/mol. The molecule has 0 bridgehead atoms. The molecule has 0 saturated carbocycles. The lowest BCUT2D eigenvalue weighted by Crippen LogP contribution is -2.20. The first-order chi connectivity index (χ1) is 11.9. The van der Waals surface area contributed by atoms with Crippen molar-refractivity contribution in [3.8, 4) is 5.75 Å². The van der Waals surface area contributed by atoms with Gasteiger partial charge in [0.05, 0.1) is 8.95 Å². The summed E-state index contributed by atoms with van der Waals surface area (Å²) in [6, 6.07) is 8.07. The van der Waals surface area contributed by atoms with Crippen LogP contribution in [-0.2, 0) is 5.41 Å². The lowest BCUT2D eigenvalue weighted by atomic mass is 9.77. The molecule has 2 aromatic carbocycles. The summed E-state index contributed by atoms with van der Waals surface area (Å²) in [5.41, 5.74) is 3.07. The van der Waals surface area contributed by atoms with Gasteiger partial charge in [-0.15, -0.1) is 0 Å². The molecule has 0 aliphatic heterocycles. The molecule has 0 aliphatic carbocycles. The first-order valence-electron chi connectivity index (χ1n) is 7.84. The third kappa shape index (κ3) is 4.54. The highest BCUT2D eigenvalue weighted by atomic mass is 79.9. The van der Waals surface area contributed by atoms with Crippen LogP contribution in [0.25, 0.3) is 0 Å². The van der Waals surface area contributed by atoms with Gasteiger partial charge in [0.15, 0.2) is 5.75 Å². The number of benzene rings is 2. The fraction of sp³-hybridized carbons (Fsp3) is 0.316. The summed E-state index contributed by atoms with van der Waals surface area (Å²) in [6.07, 6.45) is -1.35. The van der Waals surface area contributed by atoms with Gasteiger partial charge in [0.1, 0.15) is 0 Å². The molecule has 0 unspecified atom stereocenters. The van der Waals surface area contributed by atoms with E-state index in [4.69, 9.17) is 9.84 Å². The Kier molecular flexibility index (Phi) is 7.03. The zero-order valence-electron chi connectivity index (χ0n) is 14.7. The zero-order chi connectivity index (χ0) is 19.8. The van der Waals surface area contributed by atoms with Crippen LogP contribution in [0.15, 0.2) is 42.2 Å². The van der Waals surface area contributed by atoms with Gasteiger partial charge in [-0.05, 0) is 78.7 Å². The first-order valence-corrected chi connectivity index (χ1v) is 11.0. The molecule has 0 aromatic heterocycles. The van der Waals surface area contributed by atoms with E-state index >= 15 is 0 Å². The summed E-state index contributed by atoms with van der Waals surface area (Å²) in [4.78, 5) is 10.9. The third-order valence-corrected chi connectivity index (χ3v) is 6.78. The molecule has 3 nitrogen and oxygen atoms in total. The number of hydrogen-bond donors (Lipinski definition) is 1. The standard InChI is InChI=1S/C19H18Br4O3/c1-9(2)16-12(20)5-10(6-13(16)21)19(3,4)11-7-14(22)17(15(23)8-11)26-18(24)25/h5-9H,1-4H3,(H,24,25). The van der Waals surface area contributed by atoms with E-state index in [0.29, 0.717) is 14.9 Å². The maximum atomic E-state index is 10.9. The molecular formula is C19H18Br4O3. The van der Waals surface area contributed by atoms with Gasteiger partial charge in [0, 0.05) is 14.4 Å². The minimum atomic E-state index is -1.35. The number of rotatable bonds is 4. The second-order valence-electron chi connectivity index (χ2n) is 6.77. The monoisotopic (exact) mass is 610 g/mol. The van der Waals surface area contributed by atoms with Crippen LogP contribution < -0.4 is 4.74 Å². The first kappa shape index (κ1) is 21.9. The van der Waals surface area contributed by atoms with Crippen LogP contribution in [0, 0.1) is 0 Å². The van der Waals surface area contributed by atoms with E-state index in [2.05, 4.69) is 104 Å². The van der Waals surface area contributed by atoms with Crippen LogP contribution in [0.4, 0.5) is 4.79 Å². The lowest BCUT2D eigenvalue weighted by molar-refractivity contribution is 0.144.